The number of ether oxygens (including phenoxy) is 2. The van der Waals surface area contributed by atoms with Gasteiger partial charge in [0.05, 0.1) is 24.9 Å². The van der Waals surface area contributed by atoms with Crippen molar-refractivity contribution in [3.8, 4) is 11.5 Å². The van der Waals surface area contributed by atoms with E-state index in [2.05, 4.69) is 29.5 Å². The number of anilines is 1. The number of carbonyl (C=O) groups is 1. The summed E-state index contributed by atoms with van der Waals surface area (Å²) in [7, 11) is 1.80. The highest BCUT2D eigenvalue weighted by Crippen LogP contribution is 2.34. The molecule has 26 heavy (non-hydrogen) atoms. The van der Waals surface area contributed by atoms with E-state index in [1.807, 2.05) is 25.1 Å². The Balaban J connectivity index is 1.84. The Morgan fingerprint density at radius 3 is 2.62 bits per heavy atom. The van der Waals surface area contributed by atoms with Crippen molar-refractivity contribution < 1.29 is 14.3 Å². The number of nitrogens with zero attached hydrogens (tertiary/aromatic N) is 1. The molecule has 2 heterocycles. The van der Waals surface area contributed by atoms with Crippen LogP contribution >= 0.6 is 11.3 Å². The van der Waals surface area contributed by atoms with Gasteiger partial charge in [0.2, 0.25) is 0 Å². The number of hydrogen-bond acceptors (Lipinski definition) is 6. The maximum absolute atomic E-state index is 12.8. The molecule has 1 amide bonds. The van der Waals surface area contributed by atoms with Gasteiger partial charge in [0.1, 0.15) is 4.88 Å². The zero-order valence-corrected chi connectivity index (χ0v) is 16.4. The molecular formula is C19H25N3O3S. The number of aromatic nitrogens is 1. The highest BCUT2D eigenvalue weighted by molar-refractivity contribution is 7.17. The monoisotopic (exact) mass is 375 g/mol. The Kier molecular flexibility index (Phi) is 5.66. The summed E-state index contributed by atoms with van der Waals surface area (Å²) in [6, 6.07) is 5.77. The van der Waals surface area contributed by atoms with Gasteiger partial charge in [-0.25, -0.2) is 4.98 Å². The van der Waals surface area contributed by atoms with Crippen LogP contribution in [-0.4, -0.2) is 31.2 Å². The minimum Gasteiger partial charge on any atom is -0.490 e. The fraction of sp³-hybridized carbons (Fsp3) is 0.474. The molecule has 1 aliphatic rings. The lowest BCUT2D eigenvalue weighted by molar-refractivity contribution is 0.0929. The number of nitrogens with one attached hydrogen (secondary N) is 2. The maximum atomic E-state index is 12.8. The fourth-order valence-corrected chi connectivity index (χ4v) is 3.75. The first-order valence-electron chi connectivity index (χ1n) is 8.85. The first-order valence-corrected chi connectivity index (χ1v) is 9.67. The summed E-state index contributed by atoms with van der Waals surface area (Å²) < 4.78 is 11.5. The number of fused-ring (bicyclic) bond motifs is 1. The van der Waals surface area contributed by atoms with Crippen LogP contribution in [0.4, 0.5) is 5.13 Å². The third kappa shape index (κ3) is 3.93. The van der Waals surface area contributed by atoms with Crippen molar-refractivity contribution in [1.82, 2.24) is 10.3 Å². The molecule has 0 aliphatic carbocycles. The quantitative estimate of drug-likeness (QED) is 0.832. The van der Waals surface area contributed by atoms with E-state index in [4.69, 9.17) is 9.47 Å². The van der Waals surface area contributed by atoms with Crippen molar-refractivity contribution in [2.24, 2.45) is 5.92 Å². The smallest absolute Gasteiger partial charge is 0.263 e. The summed E-state index contributed by atoms with van der Waals surface area (Å²) >= 11 is 1.36. The lowest BCUT2D eigenvalue weighted by Gasteiger charge is -2.23. The molecule has 1 atom stereocenters. The molecule has 0 unspecified atom stereocenters. The third-order valence-corrected chi connectivity index (χ3v) is 5.47. The summed E-state index contributed by atoms with van der Waals surface area (Å²) in [4.78, 5) is 17.8. The van der Waals surface area contributed by atoms with E-state index >= 15 is 0 Å². The van der Waals surface area contributed by atoms with Gasteiger partial charge in [0, 0.05) is 13.5 Å². The Morgan fingerprint density at radius 1 is 1.23 bits per heavy atom. The van der Waals surface area contributed by atoms with Crippen LogP contribution in [-0.2, 0) is 0 Å². The third-order valence-electron chi connectivity index (χ3n) is 4.30. The number of thiazole rings is 1. The lowest BCUT2D eigenvalue weighted by atomic mass is 9.95. The normalized spacial score (nSPS) is 14.7. The molecule has 140 valence electrons. The zero-order chi connectivity index (χ0) is 18.7. The first kappa shape index (κ1) is 18.5. The van der Waals surface area contributed by atoms with Gasteiger partial charge < -0.3 is 20.1 Å². The Morgan fingerprint density at radius 2 is 1.96 bits per heavy atom. The zero-order valence-electron chi connectivity index (χ0n) is 15.6. The van der Waals surface area contributed by atoms with E-state index in [1.165, 1.54) is 11.3 Å². The number of carbonyl (C=O) groups excluding carboxylic acids is 1. The van der Waals surface area contributed by atoms with E-state index in [-0.39, 0.29) is 17.9 Å². The van der Waals surface area contributed by atoms with Crippen LogP contribution in [0.15, 0.2) is 18.2 Å². The Bertz CT molecular complexity index is 788. The highest BCUT2D eigenvalue weighted by atomic mass is 32.1. The van der Waals surface area contributed by atoms with Gasteiger partial charge in [-0.1, -0.05) is 31.3 Å². The van der Waals surface area contributed by atoms with Crippen LogP contribution in [0.25, 0.3) is 0 Å². The van der Waals surface area contributed by atoms with Gasteiger partial charge in [-0.15, -0.1) is 0 Å². The van der Waals surface area contributed by atoms with Gasteiger partial charge in [0.15, 0.2) is 16.6 Å². The summed E-state index contributed by atoms with van der Waals surface area (Å²) in [6.45, 7) is 7.33. The largest absolute Gasteiger partial charge is 0.490 e. The van der Waals surface area contributed by atoms with Gasteiger partial charge >= 0.3 is 0 Å². The van der Waals surface area contributed by atoms with E-state index in [9.17, 15) is 4.79 Å². The second-order valence-corrected chi connectivity index (χ2v) is 7.63. The molecule has 0 saturated heterocycles. The topological polar surface area (TPSA) is 72.5 Å². The predicted molar refractivity (Wildman–Crippen MR) is 103 cm³/mol. The molecule has 3 rings (SSSR count). The molecule has 1 aromatic carbocycles. The minimum atomic E-state index is -0.126. The molecule has 0 bridgehead atoms. The van der Waals surface area contributed by atoms with Crippen LogP contribution in [0.2, 0.25) is 0 Å². The summed E-state index contributed by atoms with van der Waals surface area (Å²) in [6.07, 6.45) is 0.868. The van der Waals surface area contributed by atoms with Gasteiger partial charge in [-0.05, 0) is 30.5 Å². The number of benzene rings is 1. The van der Waals surface area contributed by atoms with Crippen molar-refractivity contribution >= 4 is 22.4 Å². The molecule has 1 aromatic heterocycles. The molecule has 7 heteroatoms. The molecule has 2 N–H and O–H groups in total. The van der Waals surface area contributed by atoms with Crippen molar-refractivity contribution in [2.75, 3.05) is 25.6 Å². The van der Waals surface area contributed by atoms with Gasteiger partial charge in [-0.3, -0.25) is 4.79 Å². The van der Waals surface area contributed by atoms with Crippen LogP contribution in [0.5, 0.6) is 11.5 Å². The van der Waals surface area contributed by atoms with Crippen molar-refractivity contribution in [3.63, 3.8) is 0 Å². The van der Waals surface area contributed by atoms with Gasteiger partial charge in [0.25, 0.3) is 5.91 Å². The van der Waals surface area contributed by atoms with Crippen LogP contribution in [0.3, 0.4) is 0 Å². The van der Waals surface area contributed by atoms with E-state index in [1.54, 1.807) is 7.05 Å². The van der Waals surface area contributed by atoms with Crippen molar-refractivity contribution in [1.29, 1.82) is 0 Å². The number of rotatable bonds is 5. The molecule has 6 nitrogen and oxygen atoms in total. The molecule has 0 fully saturated rings. The predicted octanol–water partition coefficient (Wildman–Crippen LogP) is 3.78. The van der Waals surface area contributed by atoms with Crippen molar-refractivity contribution in [3.05, 3.63) is 34.3 Å². The summed E-state index contributed by atoms with van der Waals surface area (Å²) in [5.41, 5.74) is 1.74. The number of aryl methyl sites for hydroxylation is 1. The molecule has 1 aliphatic heterocycles. The second kappa shape index (κ2) is 7.95. The molecular weight excluding hydrogens is 350 g/mol. The van der Waals surface area contributed by atoms with Crippen LogP contribution in [0.1, 0.15) is 47.2 Å². The number of hydrogen-bond donors (Lipinski definition) is 2. The van der Waals surface area contributed by atoms with E-state index in [0.29, 0.717) is 18.1 Å². The van der Waals surface area contributed by atoms with Crippen LogP contribution in [0, 0.1) is 12.8 Å². The molecule has 2 aromatic rings. The number of amides is 1. The van der Waals surface area contributed by atoms with Crippen molar-refractivity contribution in [2.45, 2.75) is 33.2 Å². The van der Waals surface area contributed by atoms with Crippen LogP contribution < -0.4 is 20.1 Å². The Hall–Kier alpha value is -2.28. The summed E-state index contributed by atoms with van der Waals surface area (Å²) in [5.74, 6) is 1.62. The molecule has 0 spiro atoms. The lowest BCUT2D eigenvalue weighted by Crippen LogP contribution is -2.31. The second-order valence-electron chi connectivity index (χ2n) is 6.64. The first-order chi connectivity index (χ1) is 12.5. The maximum Gasteiger partial charge on any atom is 0.263 e. The molecule has 0 radical (unpaired) electrons. The van der Waals surface area contributed by atoms with E-state index in [0.717, 1.165) is 34.3 Å². The minimum absolute atomic E-state index is 0.104. The SMILES string of the molecule is CNc1nc(C)c(C(=O)N[C@H](c2ccc3c(c2)OCCCO3)C(C)C)s1. The average Bonchev–Trinajstić information content (AvgIpc) is 2.85. The fourth-order valence-electron chi connectivity index (χ4n) is 2.93. The summed E-state index contributed by atoms with van der Waals surface area (Å²) in [5, 5.41) is 6.89. The van der Waals surface area contributed by atoms with Gasteiger partial charge in [-0.2, -0.15) is 0 Å². The average molecular weight is 375 g/mol. The van der Waals surface area contributed by atoms with E-state index < -0.39 is 0 Å². The molecule has 0 saturated carbocycles. The highest BCUT2D eigenvalue weighted by Gasteiger charge is 2.24. The Labute approximate surface area is 157 Å². The standard InChI is InChI=1S/C19H25N3O3S/c1-11(2)16(22-18(23)17-12(3)21-19(20-4)26-17)13-6-7-14-15(10-13)25-9-5-8-24-14/h6-7,10-11,16H,5,8-9H2,1-4H3,(H,20,21)(H,22,23)/t16-/m0/s1.